The van der Waals surface area contributed by atoms with Crippen LogP contribution in [0.5, 0.6) is 5.75 Å². The molecule has 0 radical (unpaired) electrons. The summed E-state index contributed by atoms with van der Waals surface area (Å²) in [4.78, 5) is 16.6. The number of nitrogens with zero attached hydrogens (tertiary/aromatic N) is 1. The van der Waals surface area contributed by atoms with Gasteiger partial charge in [0.05, 0.1) is 13.4 Å². The van der Waals surface area contributed by atoms with Crippen LogP contribution in [0.25, 0.3) is 0 Å². The third kappa shape index (κ3) is 8.69. The molecule has 2 aromatic rings. The number of guanidine groups is 1. The number of benzene rings is 1. The van der Waals surface area contributed by atoms with Gasteiger partial charge in [0.15, 0.2) is 5.96 Å². The van der Waals surface area contributed by atoms with Gasteiger partial charge < -0.3 is 29.8 Å². The number of methoxy groups -OCH3 is 1. The maximum Gasteiger partial charge on any atom is 0.251 e. The summed E-state index contributed by atoms with van der Waals surface area (Å²) in [5.41, 5.74) is 0.598. The van der Waals surface area contributed by atoms with Crippen LogP contribution in [-0.2, 0) is 11.3 Å². The molecule has 0 bridgehead atoms. The second-order valence-electron chi connectivity index (χ2n) is 6.16. The van der Waals surface area contributed by atoms with Gasteiger partial charge in [-0.25, -0.2) is 0 Å². The number of carbonyl (C=O) groups excluding carboxylic acids is 1. The van der Waals surface area contributed by atoms with E-state index in [1.54, 1.807) is 37.6 Å². The molecule has 1 aromatic heterocycles. The molecule has 0 atom stereocenters. The maximum atomic E-state index is 12.1. The molecule has 8 nitrogen and oxygen atoms in total. The topological polar surface area (TPSA) is 97.1 Å². The molecule has 2 rings (SSSR count). The molecular weight excluding hydrogens is 372 g/mol. The lowest BCUT2D eigenvalue weighted by molar-refractivity contribution is 0.0954. The predicted molar refractivity (Wildman–Crippen MR) is 112 cm³/mol. The SMILES string of the molecule is CCNC(=NCCCOCc1ccco1)NCCNC(=O)c1ccc(OC)cc1. The summed E-state index contributed by atoms with van der Waals surface area (Å²) in [7, 11) is 1.60. The summed E-state index contributed by atoms with van der Waals surface area (Å²) in [6.07, 6.45) is 2.45. The third-order valence-corrected chi connectivity index (χ3v) is 3.94. The van der Waals surface area contributed by atoms with E-state index in [4.69, 9.17) is 13.9 Å². The van der Waals surface area contributed by atoms with E-state index in [1.807, 2.05) is 19.1 Å². The van der Waals surface area contributed by atoms with E-state index in [2.05, 4.69) is 20.9 Å². The molecule has 1 aromatic carbocycles. The van der Waals surface area contributed by atoms with Crippen molar-refractivity contribution in [2.24, 2.45) is 4.99 Å². The number of furan rings is 1. The summed E-state index contributed by atoms with van der Waals surface area (Å²) < 4.78 is 15.8. The molecule has 0 fully saturated rings. The van der Waals surface area contributed by atoms with E-state index < -0.39 is 0 Å². The number of hydrogen-bond acceptors (Lipinski definition) is 5. The quantitative estimate of drug-likeness (QED) is 0.286. The minimum atomic E-state index is -0.120. The van der Waals surface area contributed by atoms with Crippen LogP contribution >= 0.6 is 0 Å². The molecule has 1 heterocycles. The number of ether oxygens (including phenoxy) is 2. The van der Waals surface area contributed by atoms with Crippen LogP contribution in [0.2, 0.25) is 0 Å². The summed E-state index contributed by atoms with van der Waals surface area (Å²) in [6, 6.07) is 10.7. The van der Waals surface area contributed by atoms with Gasteiger partial charge in [-0.3, -0.25) is 9.79 Å². The number of nitrogens with one attached hydrogen (secondary N) is 3. The molecule has 29 heavy (non-hydrogen) atoms. The Bertz CT molecular complexity index is 730. The summed E-state index contributed by atoms with van der Waals surface area (Å²) >= 11 is 0. The Morgan fingerprint density at radius 1 is 1.10 bits per heavy atom. The highest BCUT2D eigenvalue weighted by atomic mass is 16.5. The van der Waals surface area contributed by atoms with E-state index in [-0.39, 0.29) is 5.91 Å². The van der Waals surface area contributed by atoms with Crippen molar-refractivity contribution in [3.05, 3.63) is 54.0 Å². The molecule has 1 amide bonds. The zero-order chi connectivity index (χ0) is 20.7. The average molecular weight is 402 g/mol. The van der Waals surface area contributed by atoms with Crippen molar-refractivity contribution >= 4 is 11.9 Å². The van der Waals surface area contributed by atoms with Gasteiger partial charge in [0.25, 0.3) is 5.91 Å². The smallest absolute Gasteiger partial charge is 0.251 e. The van der Waals surface area contributed by atoms with Crippen LogP contribution in [0.1, 0.15) is 29.5 Å². The van der Waals surface area contributed by atoms with E-state index in [0.29, 0.717) is 38.4 Å². The standard InChI is InChI=1S/C21H30N4O4/c1-3-22-21(24-11-5-14-28-16-19-6-4-15-29-19)25-13-12-23-20(26)17-7-9-18(27-2)10-8-17/h4,6-10,15H,3,5,11-14,16H2,1-2H3,(H,23,26)(H2,22,24,25). The Morgan fingerprint density at radius 2 is 1.90 bits per heavy atom. The van der Waals surface area contributed by atoms with Crippen molar-refractivity contribution in [2.75, 3.05) is 39.9 Å². The van der Waals surface area contributed by atoms with E-state index >= 15 is 0 Å². The highest BCUT2D eigenvalue weighted by Gasteiger charge is 2.05. The normalized spacial score (nSPS) is 11.2. The van der Waals surface area contributed by atoms with Crippen LogP contribution in [0.15, 0.2) is 52.1 Å². The number of hydrogen-bond donors (Lipinski definition) is 3. The van der Waals surface area contributed by atoms with Gasteiger partial charge in [0, 0.05) is 38.3 Å². The monoisotopic (exact) mass is 402 g/mol. The van der Waals surface area contributed by atoms with Crippen molar-refractivity contribution in [1.29, 1.82) is 0 Å². The minimum absolute atomic E-state index is 0.120. The zero-order valence-electron chi connectivity index (χ0n) is 17.1. The molecule has 158 valence electrons. The van der Waals surface area contributed by atoms with Gasteiger partial charge >= 0.3 is 0 Å². The number of rotatable bonds is 12. The fourth-order valence-corrected chi connectivity index (χ4v) is 2.47. The Labute approximate surface area is 171 Å². The first-order valence-corrected chi connectivity index (χ1v) is 9.77. The van der Waals surface area contributed by atoms with Crippen molar-refractivity contribution in [2.45, 2.75) is 20.0 Å². The molecule has 0 unspecified atom stereocenters. The van der Waals surface area contributed by atoms with Crippen LogP contribution < -0.4 is 20.7 Å². The second kappa shape index (κ2) is 13.2. The molecule has 8 heteroatoms. The van der Waals surface area contributed by atoms with E-state index in [0.717, 1.165) is 30.4 Å². The molecule has 0 spiro atoms. The Hall–Kier alpha value is -3.00. The van der Waals surface area contributed by atoms with Crippen molar-refractivity contribution < 1.29 is 18.7 Å². The Morgan fingerprint density at radius 3 is 2.59 bits per heavy atom. The fraction of sp³-hybridized carbons (Fsp3) is 0.429. The molecule has 0 aliphatic heterocycles. The number of aliphatic imine (C=N–C) groups is 1. The molecular formula is C21H30N4O4. The predicted octanol–water partition coefficient (Wildman–Crippen LogP) is 2.18. The van der Waals surface area contributed by atoms with Gasteiger partial charge in [-0.1, -0.05) is 0 Å². The largest absolute Gasteiger partial charge is 0.497 e. The first-order valence-electron chi connectivity index (χ1n) is 9.77. The number of amides is 1. The zero-order valence-corrected chi connectivity index (χ0v) is 17.1. The van der Waals surface area contributed by atoms with Crippen LogP contribution in [0, 0.1) is 0 Å². The Kier molecular flexibility index (Phi) is 10.2. The van der Waals surface area contributed by atoms with Crippen LogP contribution in [-0.4, -0.2) is 51.8 Å². The molecule has 0 aliphatic carbocycles. The van der Waals surface area contributed by atoms with Gasteiger partial charge in [-0.15, -0.1) is 0 Å². The summed E-state index contributed by atoms with van der Waals surface area (Å²) in [5, 5.41) is 9.27. The van der Waals surface area contributed by atoms with Crippen LogP contribution in [0.4, 0.5) is 0 Å². The van der Waals surface area contributed by atoms with E-state index in [9.17, 15) is 4.79 Å². The summed E-state index contributed by atoms with van der Waals surface area (Å²) in [5.74, 6) is 2.14. The molecule has 0 aliphatic rings. The van der Waals surface area contributed by atoms with Crippen molar-refractivity contribution in [3.8, 4) is 5.75 Å². The van der Waals surface area contributed by atoms with Gasteiger partial charge in [-0.2, -0.15) is 0 Å². The fourth-order valence-electron chi connectivity index (χ4n) is 2.47. The lowest BCUT2D eigenvalue weighted by Crippen LogP contribution is -2.41. The lowest BCUT2D eigenvalue weighted by atomic mass is 10.2. The maximum absolute atomic E-state index is 12.1. The number of carbonyl (C=O) groups is 1. The van der Waals surface area contributed by atoms with Crippen molar-refractivity contribution in [3.63, 3.8) is 0 Å². The summed E-state index contributed by atoms with van der Waals surface area (Å²) in [6.45, 7) is 5.56. The van der Waals surface area contributed by atoms with Crippen LogP contribution in [0.3, 0.4) is 0 Å². The highest BCUT2D eigenvalue weighted by Crippen LogP contribution is 2.10. The van der Waals surface area contributed by atoms with E-state index in [1.165, 1.54) is 0 Å². The van der Waals surface area contributed by atoms with Gasteiger partial charge in [0.1, 0.15) is 18.1 Å². The molecule has 3 N–H and O–H groups in total. The molecule has 0 saturated heterocycles. The Balaban J connectivity index is 1.61. The third-order valence-electron chi connectivity index (χ3n) is 3.94. The van der Waals surface area contributed by atoms with Gasteiger partial charge in [0.2, 0.25) is 0 Å². The average Bonchev–Trinajstić information content (AvgIpc) is 3.27. The first kappa shape index (κ1) is 22.3. The van der Waals surface area contributed by atoms with Gasteiger partial charge in [-0.05, 0) is 49.7 Å². The minimum Gasteiger partial charge on any atom is -0.497 e. The van der Waals surface area contributed by atoms with Crippen molar-refractivity contribution in [1.82, 2.24) is 16.0 Å². The lowest BCUT2D eigenvalue weighted by Gasteiger charge is -2.12. The molecule has 0 saturated carbocycles. The highest BCUT2D eigenvalue weighted by molar-refractivity contribution is 5.94. The second-order valence-corrected chi connectivity index (χ2v) is 6.16. The first-order chi connectivity index (χ1) is 14.2.